The normalized spacial score (nSPS) is 13.4. The van der Waals surface area contributed by atoms with Gasteiger partial charge in [0.1, 0.15) is 5.75 Å². The van der Waals surface area contributed by atoms with Crippen molar-refractivity contribution in [3.63, 3.8) is 0 Å². The Balaban J connectivity index is 1.12. The Bertz CT molecular complexity index is 1450. The minimum Gasteiger partial charge on any atom is -0.508 e. The highest BCUT2D eigenvalue weighted by atomic mass is 16.3. The van der Waals surface area contributed by atoms with Gasteiger partial charge in [0, 0.05) is 61.5 Å². The van der Waals surface area contributed by atoms with Crippen LogP contribution in [-0.4, -0.2) is 53.8 Å². The predicted octanol–water partition coefficient (Wildman–Crippen LogP) is 5.11. The van der Waals surface area contributed by atoms with Crippen LogP contribution in [0.4, 0.5) is 11.4 Å². The second-order valence-electron chi connectivity index (χ2n) is 9.37. The van der Waals surface area contributed by atoms with Crippen LogP contribution in [0.3, 0.4) is 0 Å². The van der Waals surface area contributed by atoms with Crippen LogP contribution in [0, 0.1) is 0 Å². The number of Topliss-reactive ketones (excluding diaryl/α,β-unsaturated/α-hetero) is 1. The number of nitrogens with zero attached hydrogens (tertiary/aromatic N) is 2. The van der Waals surface area contributed by atoms with E-state index in [-0.39, 0.29) is 36.2 Å². The molecule has 7 nitrogen and oxygen atoms in total. The highest BCUT2D eigenvalue weighted by Crippen LogP contribution is 2.23. The number of nitrogens with one attached hydrogen (secondary N) is 1. The Morgan fingerprint density at radius 3 is 2.16 bits per heavy atom. The third kappa shape index (κ3) is 5.67. The van der Waals surface area contributed by atoms with Crippen LogP contribution in [0.15, 0.2) is 91.0 Å². The quantitative estimate of drug-likeness (QED) is 0.339. The molecule has 7 heteroatoms. The van der Waals surface area contributed by atoms with Gasteiger partial charge in [0.2, 0.25) is 5.91 Å². The summed E-state index contributed by atoms with van der Waals surface area (Å²) in [6, 6.07) is 27.4. The Labute approximate surface area is 221 Å². The van der Waals surface area contributed by atoms with Crippen molar-refractivity contribution >= 4 is 39.7 Å². The zero-order chi connectivity index (χ0) is 26.5. The van der Waals surface area contributed by atoms with Gasteiger partial charge in [0.05, 0.1) is 0 Å². The fourth-order valence-electron chi connectivity index (χ4n) is 4.76. The summed E-state index contributed by atoms with van der Waals surface area (Å²) in [5, 5.41) is 14.3. The van der Waals surface area contributed by atoms with Gasteiger partial charge in [-0.2, -0.15) is 0 Å². The van der Waals surface area contributed by atoms with E-state index < -0.39 is 0 Å². The van der Waals surface area contributed by atoms with E-state index in [0.29, 0.717) is 37.3 Å². The minimum absolute atomic E-state index is 0.0247. The maximum Gasteiger partial charge on any atom is 0.256 e. The van der Waals surface area contributed by atoms with Crippen molar-refractivity contribution in [3.8, 4) is 5.75 Å². The molecule has 1 aliphatic rings. The smallest absolute Gasteiger partial charge is 0.256 e. The summed E-state index contributed by atoms with van der Waals surface area (Å²) in [5.41, 5.74) is 2.89. The number of carbonyl (C=O) groups excluding carboxylic acids is 3. The van der Waals surface area contributed by atoms with Gasteiger partial charge >= 0.3 is 0 Å². The number of phenolic OH excluding ortho intramolecular Hbond substituents is 1. The van der Waals surface area contributed by atoms with Gasteiger partial charge in [0.15, 0.2) is 5.78 Å². The number of phenols is 1. The molecule has 4 aromatic carbocycles. The van der Waals surface area contributed by atoms with E-state index in [4.69, 9.17) is 0 Å². The summed E-state index contributed by atoms with van der Waals surface area (Å²) in [7, 11) is 0. The lowest BCUT2D eigenvalue weighted by atomic mass is 10.0. The van der Waals surface area contributed by atoms with Crippen LogP contribution in [0.2, 0.25) is 0 Å². The van der Waals surface area contributed by atoms with Crippen molar-refractivity contribution < 1.29 is 19.5 Å². The molecule has 0 spiro atoms. The molecular formula is C31H29N3O4. The molecule has 0 unspecified atom stereocenters. The first-order chi connectivity index (χ1) is 18.5. The number of hydrogen-bond donors (Lipinski definition) is 2. The van der Waals surface area contributed by atoms with E-state index in [2.05, 4.69) is 10.2 Å². The Morgan fingerprint density at radius 1 is 0.737 bits per heavy atom. The lowest BCUT2D eigenvalue weighted by Gasteiger charge is -2.36. The molecule has 2 amide bonds. The molecule has 38 heavy (non-hydrogen) atoms. The zero-order valence-corrected chi connectivity index (χ0v) is 21.0. The van der Waals surface area contributed by atoms with Crippen molar-refractivity contribution in [3.05, 3.63) is 102 Å². The molecule has 0 atom stereocenters. The molecule has 1 heterocycles. The van der Waals surface area contributed by atoms with Crippen LogP contribution in [0.1, 0.15) is 33.6 Å². The number of anilines is 2. The first-order valence-corrected chi connectivity index (χ1v) is 12.7. The number of amides is 2. The number of piperazine rings is 1. The number of aromatic hydroxyl groups is 1. The number of ketones is 1. The van der Waals surface area contributed by atoms with Crippen LogP contribution in [0.5, 0.6) is 5.75 Å². The lowest BCUT2D eigenvalue weighted by molar-refractivity contribution is -0.131. The molecular weight excluding hydrogens is 478 g/mol. The van der Waals surface area contributed by atoms with Crippen LogP contribution in [-0.2, 0) is 4.79 Å². The number of carbonyl (C=O) groups is 3. The van der Waals surface area contributed by atoms with Gasteiger partial charge in [-0.05, 0) is 65.4 Å². The summed E-state index contributed by atoms with van der Waals surface area (Å²) in [4.78, 5) is 41.9. The Kier molecular flexibility index (Phi) is 7.35. The van der Waals surface area contributed by atoms with Gasteiger partial charge < -0.3 is 20.2 Å². The highest BCUT2D eigenvalue weighted by molar-refractivity contribution is 6.13. The number of benzene rings is 4. The van der Waals surface area contributed by atoms with Gasteiger partial charge in [-0.15, -0.1) is 0 Å². The summed E-state index contributed by atoms with van der Waals surface area (Å²) in [6.45, 7) is 2.57. The van der Waals surface area contributed by atoms with E-state index in [9.17, 15) is 19.5 Å². The van der Waals surface area contributed by atoms with E-state index in [0.717, 1.165) is 22.1 Å². The van der Waals surface area contributed by atoms with E-state index >= 15 is 0 Å². The molecule has 5 rings (SSSR count). The van der Waals surface area contributed by atoms with Crippen molar-refractivity contribution in [1.29, 1.82) is 0 Å². The number of hydrogen-bond acceptors (Lipinski definition) is 5. The molecule has 1 saturated heterocycles. The van der Waals surface area contributed by atoms with Crippen molar-refractivity contribution in [2.75, 3.05) is 36.4 Å². The van der Waals surface area contributed by atoms with Gasteiger partial charge in [-0.1, -0.05) is 36.4 Å². The van der Waals surface area contributed by atoms with Gasteiger partial charge in [-0.25, -0.2) is 0 Å². The van der Waals surface area contributed by atoms with Crippen molar-refractivity contribution in [1.82, 2.24) is 4.90 Å². The highest BCUT2D eigenvalue weighted by Gasteiger charge is 2.22. The average molecular weight is 508 g/mol. The average Bonchev–Trinajstić information content (AvgIpc) is 2.96. The number of fused-ring (bicyclic) bond motifs is 1. The molecule has 0 aliphatic carbocycles. The molecule has 4 aromatic rings. The largest absolute Gasteiger partial charge is 0.508 e. The Morgan fingerprint density at radius 2 is 1.42 bits per heavy atom. The van der Waals surface area contributed by atoms with Gasteiger partial charge in [0.25, 0.3) is 5.91 Å². The first-order valence-electron chi connectivity index (χ1n) is 12.7. The first kappa shape index (κ1) is 25.0. The molecule has 0 bridgehead atoms. The molecule has 2 N–H and O–H groups in total. The second-order valence-corrected chi connectivity index (χ2v) is 9.37. The summed E-state index contributed by atoms with van der Waals surface area (Å²) in [6.07, 6.45) is 0.320. The van der Waals surface area contributed by atoms with E-state index in [1.165, 1.54) is 12.1 Å². The molecule has 0 aromatic heterocycles. The maximum atomic E-state index is 12.9. The van der Waals surface area contributed by atoms with Crippen molar-refractivity contribution in [2.24, 2.45) is 0 Å². The fourth-order valence-corrected chi connectivity index (χ4v) is 4.76. The molecule has 0 radical (unpaired) electrons. The Hall–Kier alpha value is -4.65. The molecule has 1 fully saturated rings. The minimum atomic E-state index is -0.148. The molecule has 192 valence electrons. The van der Waals surface area contributed by atoms with Crippen LogP contribution in [0.25, 0.3) is 10.8 Å². The maximum absolute atomic E-state index is 12.9. The predicted molar refractivity (Wildman–Crippen MR) is 149 cm³/mol. The number of rotatable bonds is 7. The third-order valence-corrected chi connectivity index (χ3v) is 6.91. The summed E-state index contributed by atoms with van der Waals surface area (Å²) in [5.74, 6) is -0.172. The topological polar surface area (TPSA) is 90.0 Å². The van der Waals surface area contributed by atoms with Gasteiger partial charge in [-0.3, -0.25) is 14.4 Å². The fraction of sp³-hybridized carbons (Fsp3) is 0.194. The van der Waals surface area contributed by atoms with E-state index in [1.807, 2.05) is 66.7 Å². The second kappa shape index (κ2) is 11.2. The lowest BCUT2D eigenvalue weighted by Crippen LogP contribution is -2.48. The molecule has 0 saturated carbocycles. The standard InChI is InChI=1S/C31H29N3O4/c35-26-14-8-23(9-15-26)29(36)16-17-30(37)34-20-18-33(19-21-34)25-12-10-24(11-13-25)32-31(38)28-7-3-5-22-4-1-2-6-27(22)28/h1-15,35H,16-21H2,(H,32,38). The summed E-state index contributed by atoms with van der Waals surface area (Å²) < 4.78 is 0. The van der Waals surface area contributed by atoms with Crippen LogP contribution >= 0.6 is 0 Å². The third-order valence-electron chi connectivity index (χ3n) is 6.91. The SMILES string of the molecule is O=C(CCC(=O)N1CCN(c2ccc(NC(=O)c3cccc4ccccc34)cc2)CC1)c1ccc(O)cc1. The molecule has 1 aliphatic heterocycles. The zero-order valence-electron chi connectivity index (χ0n) is 21.0. The summed E-state index contributed by atoms with van der Waals surface area (Å²) >= 11 is 0. The monoisotopic (exact) mass is 507 g/mol. The van der Waals surface area contributed by atoms with E-state index in [1.54, 1.807) is 17.0 Å². The van der Waals surface area contributed by atoms with Crippen LogP contribution < -0.4 is 10.2 Å². The van der Waals surface area contributed by atoms with Crippen molar-refractivity contribution in [2.45, 2.75) is 12.8 Å².